The number of ether oxygens (including phenoxy) is 1. The summed E-state index contributed by atoms with van der Waals surface area (Å²) >= 11 is 1.75. The Kier molecular flexibility index (Phi) is 5.80. The van der Waals surface area contributed by atoms with Crippen LogP contribution in [0.5, 0.6) is 0 Å². The molecule has 23 heavy (non-hydrogen) atoms. The van der Waals surface area contributed by atoms with Gasteiger partial charge in [0.2, 0.25) is 0 Å². The molecule has 2 N–H and O–H groups in total. The van der Waals surface area contributed by atoms with E-state index < -0.39 is 11.7 Å². The first-order valence-electron chi connectivity index (χ1n) is 7.69. The van der Waals surface area contributed by atoms with Crippen LogP contribution < -0.4 is 10.6 Å². The molecule has 1 unspecified atom stereocenters. The van der Waals surface area contributed by atoms with Crippen molar-refractivity contribution in [2.24, 2.45) is 0 Å². The molecule has 0 bridgehead atoms. The van der Waals surface area contributed by atoms with E-state index in [1.807, 2.05) is 45.0 Å². The molecule has 0 saturated heterocycles. The number of benzene rings is 1. The van der Waals surface area contributed by atoms with Crippen molar-refractivity contribution in [2.45, 2.75) is 45.9 Å². The van der Waals surface area contributed by atoms with E-state index >= 15 is 0 Å². The third-order valence-electron chi connectivity index (χ3n) is 3.22. The molecule has 0 aliphatic rings. The van der Waals surface area contributed by atoms with Gasteiger partial charge in [-0.05, 0) is 56.8 Å². The molecule has 1 aromatic carbocycles. The average molecular weight is 332 g/mol. The topological polar surface area (TPSA) is 50.4 Å². The highest BCUT2D eigenvalue weighted by molar-refractivity contribution is 7.09. The summed E-state index contributed by atoms with van der Waals surface area (Å²) in [5.74, 6) is 0. The highest BCUT2D eigenvalue weighted by atomic mass is 32.1. The Labute approximate surface area is 141 Å². The maximum atomic E-state index is 11.7. The van der Waals surface area contributed by atoms with Crippen molar-refractivity contribution in [1.29, 1.82) is 0 Å². The Morgan fingerprint density at radius 3 is 2.48 bits per heavy atom. The van der Waals surface area contributed by atoms with Gasteiger partial charge in [0.05, 0.1) is 0 Å². The second kappa shape index (κ2) is 7.62. The molecular formula is C18H24N2O2S. The van der Waals surface area contributed by atoms with Crippen LogP contribution in [-0.2, 0) is 11.3 Å². The van der Waals surface area contributed by atoms with E-state index in [4.69, 9.17) is 4.74 Å². The van der Waals surface area contributed by atoms with E-state index in [1.165, 1.54) is 10.4 Å². The number of hydrogen-bond donors (Lipinski definition) is 2. The molecular weight excluding hydrogens is 308 g/mol. The molecule has 1 heterocycles. The largest absolute Gasteiger partial charge is 0.444 e. The number of rotatable bonds is 5. The van der Waals surface area contributed by atoms with Gasteiger partial charge in [0, 0.05) is 23.2 Å². The van der Waals surface area contributed by atoms with Crippen LogP contribution in [0, 0.1) is 0 Å². The van der Waals surface area contributed by atoms with Crippen LogP contribution in [0.1, 0.15) is 44.2 Å². The summed E-state index contributed by atoms with van der Waals surface area (Å²) in [6.45, 7) is 8.52. The molecule has 0 aliphatic carbocycles. The Bertz CT molecular complexity index is 615. The fourth-order valence-corrected chi connectivity index (χ4v) is 2.72. The standard InChI is InChI=1S/C18H24N2O2S/c1-13(19-12-16-6-5-11-23-16)14-7-9-15(10-8-14)20-17(21)22-18(2,3)4/h5-11,13,19H,12H2,1-4H3,(H,20,21). The van der Waals surface area contributed by atoms with Crippen molar-refractivity contribution >= 4 is 23.1 Å². The fraction of sp³-hybridized carbons (Fsp3) is 0.389. The number of nitrogens with one attached hydrogen (secondary N) is 2. The van der Waals surface area contributed by atoms with Crippen molar-refractivity contribution in [3.8, 4) is 0 Å². The molecule has 0 aliphatic heterocycles. The lowest BCUT2D eigenvalue weighted by Gasteiger charge is -2.20. The lowest BCUT2D eigenvalue weighted by molar-refractivity contribution is 0.0636. The smallest absolute Gasteiger partial charge is 0.412 e. The first-order valence-corrected chi connectivity index (χ1v) is 8.57. The van der Waals surface area contributed by atoms with Gasteiger partial charge >= 0.3 is 6.09 Å². The number of anilines is 1. The summed E-state index contributed by atoms with van der Waals surface area (Å²) in [5.41, 5.74) is 1.41. The van der Waals surface area contributed by atoms with Gasteiger partial charge in [-0.3, -0.25) is 5.32 Å². The van der Waals surface area contributed by atoms with Crippen LogP contribution in [0.3, 0.4) is 0 Å². The zero-order valence-corrected chi connectivity index (χ0v) is 14.9. The van der Waals surface area contributed by atoms with E-state index in [1.54, 1.807) is 11.3 Å². The number of amides is 1. The van der Waals surface area contributed by atoms with E-state index in [9.17, 15) is 4.79 Å². The summed E-state index contributed by atoms with van der Waals surface area (Å²) < 4.78 is 5.24. The van der Waals surface area contributed by atoms with Gasteiger partial charge in [-0.1, -0.05) is 18.2 Å². The van der Waals surface area contributed by atoms with Crippen molar-refractivity contribution in [3.05, 3.63) is 52.2 Å². The molecule has 4 nitrogen and oxygen atoms in total. The SMILES string of the molecule is CC(NCc1cccs1)c1ccc(NC(=O)OC(C)(C)C)cc1. The summed E-state index contributed by atoms with van der Waals surface area (Å²) in [5, 5.41) is 8.31. The van der Waals surface area contributed by atoms with Crippen LogP contribution in [-0.4, -0.2) is 11.7 Å². The Morgan fingerprint density at radius 2 is 1.91 bits per heavy atom. The minimum Gasteiger partial charge on any atom is -0.444 e. The lowest BCUT2D eigenvalue weighted by Crippen LogP contribution is -2.27. The minimum absolute atomic E-state index is 0.243. The maximum absolute atomic E-state index is 11.7. The molecule has 1 amide bonds. The molecule has 1 atom stereocenters. The van der Waals surface area contributed by atoms with Crippen LogP contribution in [0.25, 0.3) is 0 Å². The Morgan fingerprint density at radius 1 is 1.22 bits per heavy atom. The number of hydrogen-bond acceptors (Lipinski definition) is 4. The van der Waals surface area contributed by atoms with E-state index in [0.717, 1.165) is 12.2 Å². The molecule has 124 valence electrons. The maximum Gasteiger partial charge on any atom is 0.412 e. The van der Waals surface area contributed by atoms with Gasteiger partial charge in [0.1, 0.15) is 5.60 Å². The highest BCUT2D eigenvalue weighted by Gasteiger charge is 2.16. The van der Waals surface area contributed by atoms with Crippen LogP contribution in [0.2, 0.25) is 0 Å². The third kappa shape index (κ3) is 6.04. The summed E-state index contributed by atoms with van der Waals surface area (Å²) in [6, 6.07) is 12.2. The van der Waals surface area contributed by atoms with Crippen LogP contribution >= 0.6 is 11.3 Å². The van der Waals surface area contributed by atoms with Gasteiger partial charge in [0.15, 0.2) is 0 Å². The number of thiophene rings is 1. The van der Waals surface area contributed by atoms with E-state index in [0.29, 0.717) is 0 Å². The fourth-order valence-electron chi connectivity index (χ4n) is 2.06. The van der Waals surface area contributed by atoms with Gasteiger partial charge < -0.3 is 10.1 Å². The van der Waals surface area contributed by atoms with Crippen molar-refractivity contribution in [1.82, 2.24) is 5.32 Å². The van der Waals surface area contributed by atoms with Crippen molar-refractivity contribution in [3.63, 3.8) is 0 Å². The highest BCUT2D eigenvalue weighted by Crippen LogP contribution is 2.18. The number of carbonyl (C=O) groups is 1. The minimum atomic E-state index is -0.496. The predicted molar refractivity (Wildman–Crippen MR) is 95.9 cm³/mol. The lowest BCUT2D eigenvalue weighted by atomic mass is 10.1. The van der Waals surface area contributed by atoms with Crippen molar-refractivity contribution < 1.29 is 9.53 Å². The van der Waals surface area contributed by atoms with Gasteiger partial charge in [0.25, 0.3) is 0 Å². The molecule has 0 saturated carbocycles. The summed E-state index contributed by atoms with van der Waals surface area (Å²) in [7, 11) is 0. The van der Waals surface area contributed by atoms with Gasteiger partial charge in [-0.15, -0.1) is 11.3 Å². The third-order valence-corrected chi connectivity index (χ3v) is 4.09. The first-order chi connectivity index (χ1) is 10.8. The van der Waals surface area contributed by atoms with E-state index in [-0.39, 0.29) is 6.04 Å². The molecule has 0 spiro atoms. The number of carbonyl (C=O) groups excluding carboxylic acids is 1. The molecule has 2 rings (SSSR count). The first kappa shape index (κ1) is 17.5. The zero-order chi connectivity index (χ0) is 16.9. The monoisotopic (exact) mass is 332 g/mol. The molecule has 1 aromatic heterocycles. The Balaban J connectivity index is 1.87. The molecule has 2 aromatic rings. The normalized spacial score (nSPS) is 12.7. The summed E-state index contributed by atoms with van der Waals surface area (Å²) in [6.07, 6.45) is -0.436. The quantitative estimate of drug-likeness (QED) is 0.815. The van der Waals surface area contributed by atoms with Gasteiger partial charge in [-0.25, -0.2) is 4.79 Å². The van der Waals surface area contributed by atoms with Gasteiger partial charge in [-0.2, -0.15) is 0 Å². The average Bonchev–Trinajstić information content (AvgIpc) is 2.96. The van der Waals surface area contributed by atoms with Crippen molar-refractivity contribution in [2.75, 3.05) is 5.32 Å². The summed E-state index contributed by atoms with van der Waals surface area (Å²) in [4.78, 5) is 13.1. The van der Waals surface area contributed by atoms with Crippen LogP contribution in [0.4, 0.5) is 10.5 Å². The second-order valence-corrected chi connectivity index (χ2v) is 7.46. The molecule has 5 heteroatoms. The van der Waals surface area contributed by atoms with Crippen LogP contribution in [0.15, 0.2) is 41.8 Å². The second-order valence-electron chi connectivity index (χ2n) is 6.43. The predicted octanol–water partition coefficient (Wildman–Crippen LogP) is 4.95. The molecule has 0 fully saturated rings. The van der Waals surface area contributed by atoms with E-state index in [2.05, 4.69) is 35.1 Å². The Hall–Kier alpha value is -1.85. The zero-order valence-electron chi connectivity index (χ0n) is 14.1. The molecule has 0 radical (unpaired) electrons.